The number of unbranched alkanes of at least 4 members (excludes halogenated alkanes) is 1. The molecule has 170 valence electrons. The molecule has 0 aliphatic carbocycles. The monoisotopic (exact) mass is 437 g/mol. The Hall–Kier alpha value is -3.28. The van der Waals surface area contributed by atoms with Gasteiger partial charge in [0.25, 0.3) is 0 Å². The number of nitrogens with zero attached hydrogens (tertiary/aromatic N) is 1. The first-order chi connectivity index (χ1) is 15.6. The molecule has 6 heteroatoms. The van der Waals surface area contributed by atoms with Crippen LogP contribution in [-0.4, -0.2) is 30.8 Å². The van der Waals surface area contributed by atoms with Gasteiger partial charge >= 0.3 is 5.97 Å². The number of aromatic nitrogens is 1. The molecular weight excluding hydrogens is 406 g/mol. The van der Waals surface area contributed by atoms with Gasteiger partial charge in [0, 0.05) is 12.0 Å². The molecule has 32 heavy (non-hydrogen) atoms. The summed E-state index contributed by atoms with van der Waals surface area (Å²) in [6.07, 6.45) is 3.60. The summed E-state index contributed by atoms with van der Waals surface area (Å²) in [7, 11) is 0. The van der Waals surface area contributed by atoms with Crippen LogP contribution in [0, 0.1) is 6.92 Å². The van der Waals surface area contributed by atoms with Crippen LogP contribution < -0.4 is 9.47 Å². The van der Waals surface area contributed by atoms with Crippen molar-refractivity contribution in [2.45, 2.75) is 46.5 Å². The zero-order valence-corrected chi connectivity index (χ0v) is 19.1. The highest BCUT2D eigenvalue weighted by molar-refractivity contribution is 5.71. The van der Waals surface area contributed by atoms with Gasteiger partial charge in [-0.15, -0.1) is 0 Å². The van der Waals surface area contributed by atoms with Gasteiger partial charge in [0.2, 0.25) is 5.89 Å². The highest BCUT2D eigenvalue weighted by atomic mass is 16.6. The third-order valence-electron chi connectivity index (χ3n) is 5.00. The number of hydrogen-bond donors (Lipinski definition) is 0. The van der Waals surface area contributed by atoms with Crippen molar-refractivity contribution in [3.05, 3.63) is 65.5 Å². The Bertz CT molecular complexity index is 997. The lowest BCUT2D eigenvalue weighted by molar-refractivity contribution is -0.145. The standard InChI is InChI=1S/C26H31NO5/c1-4-6-10-21-17-22(13-14-24(21)31-18-25(28)29-5-2)30-16-15-23-19(3)32-26(27-23)20-11-8-7-9-12-20/h7-9,11-14,17H,4-6,10,15-16,18H2,1-3H3. The highest BCUT2D eigenvalue weighted by Crippen LogP contribution is 2.27. The van der Waals surface area contributed by atoms with Crippen molar-refractivity contribution < 1.29 is 23.4 Å². The molecule has 6 nitrogen and oxygen atoms in total. The fourth-order valence-electron chi connectivity index (χ4n) is 3.32. The fraction of sp³-hybridized carbons (Fsp3) is 0.385. The Morgan fingerprint density at radius 3 is 2.59 bits per heavy atom. The van der Waals surface area contributed by atoms with Crippen molar-refractivity contribution in [2.24, 2.45) is 0 Å². The van der Waals surface area contributed by atoms with Crippen molar-refractivity contribution in [3.8, 4) is 23.0 Å². The summed E-state index contributed by atoms with van der Waals surface area (Å²) in [4.78, 5) is 16.2. The lowest BCUT2D eigenvalue weighted by Crippen LogP contribution is -2.15. The molecule has 0 unspecified atom stereocenters. The lowest BCUT2D eigenvalue weighted by Gasteiger charge is -2.13. The van der Waals surface area contributed by atoms with E-state index in [1.54, 1.807) is 6.92 Å². The minimum atomic E-state index is -0.368. The molecule has 0 amide bonds. The smallest absolute Gasteiger partial charge is 0.344 e. The Kier molecular flexibility index (Phi) is 8.72. The summed E-state index contributed by atoms with van der Waals surface area (Å²) in [5.41, 5.74) is 2.88. The topological polar surface area (TPSA) is 70.8 Å². The molecule has 0 aliphatic rings. The SMILES string of the molecule is CCCCc1cc(OCCc2nc(-c3ccccc3)oc2C)ccc1OCC(=O)OCC. The van der Waals surface area contributed by atoms with E-state index < -0.39 is 0 Å². The second-order valence-electron chi connectivity index (χ2n) is 7.45. The molecule has 0 saturated carbocycles. The molecule has 1 aromatic heterocycles. The van der Waals surface area contributed by atoms with E-state index in [4.69, 9.17) is 18.6 Å². The van der Waals surface area contributed by atoms with Crippen LogP contribution in [0.2, 0.25) is 0 Å². The van der Waals surface area contributed by atoms with E-state index in [0.717, 1.165) is 47.6 Å². The number of ether oxygens (including phenoxy) is 3. The summed E-state index contributed by atoms with van der Waals surface area (Å²) in [6.45, 7) is 6.58. The van der Waals surface area contributed by atoms with Crippen LogP contribution in [-0.2, 0) is 22.4 Å². The van der Waals surface area contributed by atoms with E-state index in [1.165, 1.54) is 0 Å². The Balaban J connectivity index is 1.61. The summed E-state index contributed by atoms with van der Waals surface area (Å²) < 4.78 is 22.4. The van der Waals surface area contributed by atoms with Crippen molar-refractivity contribution in [1.29, 1.82) is 0 Å². The summed E-state index contributed by atoms with van der Waals surface area (Å²) >= 11 is 0. The van der Waals surface area contributed by atoms with E-state index in [9.17, 15) is 4.79 Å². The number of oxazole rings is 1. The van der Waals surface area contributed by atoms with Crippen LogP contribution in [0.5, 0.6) is 11.5 Å². The number of benzene rings is 2. The first-order valence-corrected chi connectivity index (χ1v) is 11.2. The average Bonchev–Trinajstić information content (AvgIpc) is 3.18. The number of hydrogen-bond acceptors (Lipinski definition) is 6. The molecule has 0 aliphatic heterocycles. The van der Waals surface area contributed by atoms with Crippen LogP contribution in [0.4, 0.5) is 0 Å². The molecule has 3 rings (SSSR count). The largest absolute Gasteiger partial charge is 0.493 e. The van der Waals surface area contributed by atoms with Gasteiger partial charge in [0.05, 0.1) is 18.9 Å². The Morgan fingerprint density at radius 1 is 1.03 bits per heavy atom. The summed E-state index contributed by atoms with van der Waals surface area (Å²) in [5.74, 6) is 2.52. The van der Waals surface area contributed by atoms with E-state index in [-0.39, 0.29) is 12.6 Å². The summed E-state index contributed by atoms with van der Waals surface area (Å²) in [6, 6.07) is 15.6. The third-order valence-corrected chi connectivity index (χ3v) is 5.00. The van der Waals surface area contributed by atoms with Crippen LogP contribution in [0.15, 0.2) is 52.9 Å². The fourth-order valence-corrected chi connectivity index (χ4v) is 3.32. The van der Waals surface area contributed by atoms with Crippen LogP contribution in [0.1, 0.15) is 43.7 Å². The van der Waals surface area contributed by atoms with Gasteiger partial charge in [-0.05, 0) is 62.6 Å². The number of aryl methyl sites for hydroxylation is 2. The van der Waals surface area contributed by atoms with E-state index >= 15 is 0 Å². The summed E-state index contributed by atoms with van der Waals surface area (Å²) in [5, 5.41) is 0. The highest BCUT2D eigenvalue weighted by Gasteiger charge is 2.12. The van der Waals surface area contributed by atoms with Crippen molar-refractivity contribution in [1.82, 2.24) is 4.98 Å². The molecule has 1 heterocycles. The molecule has 0 saturated heterocycles. The van der Waals surface area contributed by atoms with Gasteiger partial charge in [-0.1, -0.05) is 31.5 Å². The number of carbonyl (C=O) groups excluding carboxylic acids is 1. The van der Waals surface area contributed by atoms with Crippen molar-refractivity contribution in [3.63, 3.8) is 0 Å². The van der Waals surface area contributed by atoms with E-state index in [1.807, 2.05) is 55.5 Å². The van der Waals surface area contributed by atoms with Crippen LogP contribution in [0.3, 0.4) is 0 Å². The number of esters is 1. The molecule has 3 aromatic rings. The van der Waals surface area contributed by atoms with E-state index in [0.29, 0.717) is 31.3 Å². The minimum Gasteiger partial charge on any atom is -0.493 e. The quantitative estimate of drug-likeness (QED) is 0.346. The average molecular weight is 438 g/mol. The first kappa shape index (κ1) is 23.4. The third kappa shape index (κ3) is 6.61. The van der Waals surface area contributed by atoms with Crippen LogP contribution >= 0.6 is 0 Å². The zero-order chi connectivity index (χ0) is 22.8. The molecule has 2 aromatic carbocycles. The van der Waals surface area contributed by atoms with E-state index in [2.05, 4.69) is 11.9 Å². The normalized spacial score (nSPS) is 10.7. The molecule has 0 atom stereocenters. The predicted octanol–water partition coefficient (Wildman–Crippen LogP) is 5.56. The van der Waals surface area contributed by atoms with Gasteiger partial charge in [-0.3, -0.25) is 0 Å². The Labute approximate surface area is 189 Å². The second-order valence-corrected chi connectivity index (χ2v) is 7.45. The second kappa shape index (κ2) is 11.9. The zero-order valence-electron chi connectivity index (χ0n) is 19.1. The van der Waals surface area contributed by atoms with Gasteiger partial charge in [-0.25, -0.2) is 9.78 Å². The van der Waals surface area contributed by atoms with Crippen molar-refractivity contribution in [2.75, 3.05) is 19.8 Å². The molecule has 0 spiro atoms. The Morgan fingerprint density at radius 2 is 1.84 bits per heavy atom. The number of rotatable bonds is 12. The maximum atomic E-state index is 11.6. The van der Waals surface area contributed by atoms with Gasteiger partial charge < -0.3 is 18.6 Å². The lowest BCUT2D eigenvalue weighted by atomic mass is 10.1. The maximum Gasteiger partial charge on any atom is 0.344 e. The molecule has 0 fully saturated rings. The molecule has 0 radical (unpaired) electrons. The molecule has 0 bridgehead atoms. The minimum absolute atomic E-state index is 0.0949. The number of carbonyl (C=O) groups is 1. The maximum absolute atomic E-state index is 11.6. The van der Waals surface area contributed by atoms with Gasteiger partial charge in [0.1, 0.15) is 17.3 Å². The molecular formula is C26H31NO5. The predicted molar refractivity (Wildman–Crippen MR) is 123 cm³/mol. The van der Waals surface area contributed by atoms with Crippen LogP contribution in [0.25, 0.3) is 11.5 Å². The first-order valence-electron chi connectivity index (χ1n) is 11.2. The van der Waals surface area contributed by atoms with Crippen molar-refractivity contribution >= 4 is 5.97 Å². The van der Waals surface area contributed by atoms with Gasteiger partial charge in [-0.2, -0.15) is 0 Å². The molecule has 0 N–H and O–H groups in total. The van der Waals surface area contributed by atoms with Gasteiger partial charge in [0.15, 0.2) is 6.61 Å².